The summed E-state index contributed by atoms with van der Waals surface area (Å²) in [5, 5.41) is 7.83. The van der Waals surface area contributed by atoms with Crippen molar-refractivity contribution in [2.24, 2.45) is 7.05 Å². The number of methoxy groups -OCH3 is 1. The standard InChI is InChI=1S/C16H23N3O/c1-6-17-15(13-8-7-11(2)12(3)9-13)16-14(20-5)10-18-19(16)4/h7-10,15,17H,6H2,1-5H3. The molecule has 0 bridgehead atoms. The number of aryl methyl sites for hydroxylation is 3. The highest BCUT2D eigenvalue weighted by molar-refractivity contribution is 5.39. The lowest BCUT2D eigenvalue weighted by molar-refractivity contribution is 0.401. The van der Waals surface area contributed by atoms with Gasteiger partial charge in [0.05, 0.1) is 19.3 Å². The van der Waals surface area contributed by atoms with Crippen LogP contribution in [0.5, 0.6) is 5.75 Å². The molecule has 1 atom stereocenters. The Bertz CT molecular complexity index is 589. The third-order valence-corrected chi connectivity index (χ3v) is 3.72. The van der Waals surface area contributed by atoms with Gasteiger partial charge in [-0.3, -0.25) is 4.68 Å². The predicted molar refractivity (Wildman–Crippen MR) is 81.2 cm³/mol. The van der Waals surface area contributed by atoms with Crippen molar-refractivity contribution in [1.29, 1.82) is 0 Å². The van der Waals surface area contributed by atoms with E-state index < -0.39 is 0 Å². The van der Waals surface area contributed by atoms with Crippen molar-refractivity contribution in [3.63, 3.8) is 0 Å². The average Bonchev–Trinajstić information content (AvgIpc) is 2.80. The first-order valence-electron chi connectivity index (χ1n) is 6.94. The second kappa shape index (κ2) is 6.09. The smallest absolute Gasteiger partial charge is 0.161 e. The Morgan fingerprint density at radius 1 is 1.30 bits per heavy atom. The molecular weight excluding hydrogens is 250 g/mol. The fourth-order valence-electron chi connectivity index (χ4n) is 2.43. The van der Waals surface area contributed by atoms with Crippen molar-refractivity contribution >= 4 is 0 Å². The van der Waals surface area contributed by atoms with Crippen molar-refractivity contribution in [3.8, 4) is 5.75 Å². The minimum absolute atomic E-state index is 0.0850. The Labute approximate surface area is 120 Å². The van der Waals surface area contributed by atoms with Crippen molar-refractivity contribution in [2.75, 3.05) is 13.7 Å². The summed E-state index contributed by atoms with van der Waals surface area (Å²) in [4.78, 5) is 0. The van der Waals surface area contributed by atoms with E-state index in [-0.39, 0.29) is 6.04 Å². The lowest BCUT2D eigenvalue weighted by Crippen LogP contribution is -2.25. The van der Waals surface area contributed by atoms with Crippen molar-refractivity contribution in [1.82, 2.24) is 15.1 Å². The fraction of sp³-hybridized carbons (Fsp3) is 0.438. The van der Waals surface area contributed by atoms with Gasteiger partial charge in [0.1, 0.15) is 5.69 Å². The summed E-state index contributed by atoms with van der Waals surface area (Å²) in [5.41, 5.74) is 4.89. The number of benzene rings is 1. The Hall–Kier alpha value is -1.81. The molecule has 1 aromatic heterocycles. The molecular formula is C16H23N3O. The van der Waals surface area contributed by atoms with Gasteiger partial charge in [0, 0.05) is 7.05 Å². The molecule has 0 aliphatic carbocycles. The molecule has 108 valence electrons. The molecule has 2 rings (SSSR count). The van der Waals surface area contributed by atoms with E-state index >= 15 is 0 Å². The molecule has 1 heterocycles. The molecule has 0 aliphatic rings. The molecule has 0 spiro atoms. The number of hydrogen-bond donors (Lipinski definition) is 1. The van der Waals surface area contributed by atoms with Crippen LogP contribution >= 0.6 is 0 Å². The second-order valence-electron chi connectivity index (χ2n) is 5.06. The molecule has 0 radical (unpaired) electrons. The summed E-state index contributed by atoms with van der Waals surface area (Å²) < 4.78 is 7.32. The third-order valence-electron chi connectivity index (χ3n) is 3.72. The van der Waals surface area contributed by atoms with Crippen molar-refractivity contribution in [2.45, 2.75) is 26.8 Å². The normalized spacial score (nSPS) is 12.4. The summed E-state index contributed by atoms with van der Waals surface area (Å²) >= 11 is 0. The highest BCUT2D eigenvalue weighted by Gasteiger charge is 2.21. The van der Waals surface area contributed by atoms with Gasteiger partial charge in [-0.05, 0) is 37.1 Å². The molecule has 0 saturated carbocycles. The van der Waals surface area contributed by atoms with Gasteiger partial charge >= 0.3 is 0 Å². The topological polar surface area (TPSA) is 39.1 Å². The van der Waals surface area contributed by atoms with Gasteiger partial charge in [-0.1, -0.05) is 25.1 Å². The van der Waals surface area contributed by atoms with Crippen LogP contribution in [0.15, 0.2) is 24.4 Å². The molecule has 20 heavy (non-hydrogen) atoms. The van der Waals surface area contributed by atoms with Crippen molar-refractivity contribution in [3.05, 3.63) is 46.8 Å². The van der Waals surface area contributed by atoms with Crippen LogP contribution in [0.25, 0.3) is 0 Å². The summed E-state index contributed by atoms with van der Waals surface area (Å²) in [6.07, 6.45) is 1.76. The van der Waals surface area contributed by atoms with Crippen LogP contribution in [0, 0.1) is 13.8 Å². The third kappa shape index (κ3) is 2.70. The number of ether oxygens (including phenoxy) is 1. The number of nitrogens with one attached hydrogen (secondary N) is 1. The van der Waals surface area contributed by atoms with Crippen LogP contribution in [-0.2, 0) is 7.05 Å². The summed E-state index contributed by atoms with van der Waals surface area (Å²) in [7, 11) is 3.63. The Balaban J connectivity index is 2.49. The van der Waals surface area contributed by atoms with Gasteiger partial charge in [-0.2, -0.15) is 5.10 Å². The first-order valence-corrected chi connectivity index (χ1v) is 6.94. The van der Waals surface area contributed by atoms with E-state index in [4.69, 9.17) is 4.74 Å². The maximum atomic E-state index is 5.45. The molecule has 1 unspecified atom stereocenters. The zero-order chi connectivity index (χ0) is 14.7. The van der Waals surface area contributed by atoms with E-state index in [0.29, 0.717) is 0 Å². The van der Waals surface area contributed by atoms with Crippen LogP contribution in [0.1, 0.15) is 35.3 Å². The monoisotopic (exact) mass is 273 g/mol. The van der Waals surface area contributed by atoms with E-state index in [2.05, 4.69) is 49.4 Å². The van der Waals surface area contributed by atoms with Crippen LogP contribution in [0.3, 0.4) is 0 Å². The number of nitrogens with zero attached hydrogens (tertiary/aromatic N) is 2. The molecule has 2 aromatic rings. The maximum absolute atomic E-state index is 5.45. The van der Waals surface area contributed by atoms with E-state index in [9.17, 15) is 0 Å². The van der Waals surface area contributed by atoms with E-state index in [1.807, 2.05) is 11.7 Å². The Morgan fingerprint density at radius 3 is 2.65 bits per heavy atom. The zero-order valence-corrected chi connectivity index (χ0v) is 12.9. The lowest BCUT2D eigenvalue weighted by atomic mass is 9.98. The summed E-state index contributed by atoms with van der Waals surface area (Å²) in [6.45, 7) is 7.26. The van der Waals surface area contributed by atoms with Gasteiger partial charge in [-0.15, -0.1) is 0 Å². The van der Waals surface area contributed by atoms with Crippen LogP contribution in [0.2, 0.25) is 0 Å². The minimum atomic E-state index is 0.0850. The van der Waals surface area contributed by atoms with Gasteiger partial charge in [-0.25, -0.2) is 0 Å². The van der Waals surface area contributed by atoms with E-state index in [1.54, 1.807) is 13.3 Å². The second-order valence-corrected chi connectivity index (χ2v) is 5.06. The Kier molecular flexibility index (Phi) is 4.45. The fourth-order valence-corrected chi connectivity index (χ4v) is 2.43. The van der Waals surface area contributed by atoms with Gasteiger partial charge in [0.2, 0.25) is 0 Å². The van der Waals surface area contributed by atoms with Crippen LogP contribution in [-0.4, -0.2) is 23.4 Å². The number of hydrogen-bond acceptors (Lipinski definition) is 3. The lowest BCUT2D eigenvalue weighted by Gasteiger charge is -2.21. The van der Waals surface area contributed by atoms with Crippen LogP contribution < -0.4 is 10.1 Å². The van der Waals surface area contributed by atoms with Gasteiger partial charge in [0.15, 0.2) is 5.75 Å². The minimum Gasteiger partial charge on any atom is -0.493 e. The largest absolute Gasteiger partial charge is 0.493 e. The maximum Gasteiger partial charge on any atom is 0.161 e. The zero-order valence-electron chi connectivity index (χ0n) is 12.9. The van der Waals surface area contributed by atoms with Crippen LogP contribution in [0.4, 0.5) is 0 Å². The molecule has 1 N–H and O–H groups in total. The molecule has 4 heteroatoms. The molecule has 0 fully saturated rings. The SMILES string of the molecule is CCNC(c1ccc(C)c(C)c1)c1c(OC)cnn1C. The molecule has 0 aliphatic heterocycles. The highest BCUT2D eigenvalue weighted by atomic mass is 16.5. The van der Waals surface area contributed by atoms with E-state index in [1.165, 1.54) is 16.7 Å². The first kappa shape index (κ1) is 14.6. The molecule has 0 amide bonds. The first-order chi connectivity index (χ1) is 9.58. The molecule has 1 aromatic carbocycles. The highest BCUT2D eigenvalue weighted by Crippen LogP contribution is 2.30. The number of aromatic nitrogens is 2. The Morgan fingerprint density at radius 2 is 2.05 bits per heavy atom. The predicted octanol–water partition coefficient (Wildman–Crippen LogP) is 2.74. The van der Waals surface area contributed by atoms with Gasteiger partial charge < -0.3 is 10.1 Å². The van der Waals surface area contributed by atoms with Crippen molar-refractivity contribution < 1.29 is 4.74 Å². The summed E-state index contributed by atoms with van der Waals surface area (Å²) in [5.74, 6) is 0.816. The van der Waals surface area contributed by atoms with E-state index in [0.717, 1.165) is 18.0 Å². The summed E-state index contributed by atoms with van der Waals surface area (Å²) in [6, 6.07) is 6.65. The molecule has 0 saturated heterocycles. The average molecular weight is 273 g/mol. The quantitative estimate of drug-likeness (QED) is 0.910. The van der Waals surface area contributed by atoms with Gasteiger partial charge in [0.25, 0.3) is 0 Å². The molecule has 4 nitrogen and oxygen atoms in total. The number of rotatable bonds is 5.